The minimum absolute atomic E-state index is 0.428. The SMILES string of the molecule is O=C(Nc1cnc2c(c1)COCC2)C(F)Cl.O=C(O)C(F)(F)F. The van der Waals surface area contributed by atoms with Gasteiger partial charge < -0.3 is 15.2 Å². The van der Waals surface area contributed by atoms with Crippen molar-refractivity contribution in [2.75, 3.05) is 11.9 Å². The third kappa shape index (κ3) is 6.37. The third-order valence-electron chi connectivity index (χ3n) is 2.51. The number of halogens is 5. The highest BCUT2D eigenvalue weighted by molar-refractivity contribution is 6.31. The number of hydrogen-bond donors (Lipinski definition) is 2. The largest absolute Gasteiger partial charge is 0.490 e. The van der Waals surface area contributed by atoms with Crippen LogP contribution in [-0.2, 0) is 27.4 Å². The van der Waals surface area contributed by atoms with Crippen molar-refractivity contribution in [1.82, 2.24) is 4.98 Å². The third-order valence-corrected chi connectivity index (χ3v) is 2.71. The molecule has 0 spiro atoms. The number of aliphatic carboxylic acids is 1. The normalized spacial score (nSPS) is 14.8. The molecule has 23 heavy (non-hydrogen) atoms. The molecule has 0 saturated heterocycles. The second-order valence-corrected chi connectivity index (χ2v) is 4.61. The predicted molar refractivity (Wildman–Crippen MR) is 70.7 cm³/mol. The highest BCUT2D eigenvalue weighted by Gasteiger charge is 2.38. The summed E-state index contributed by atoms with van der Waals surface area (Å²) in [7, 11) is 0. The molecule has 0 bridgehead atoms. The van der Waals surface area contributed by atoms with Crippen LogP contribution in [0.15, 0.2) is 12.3 Å². The molecular weight excluding hydrogens is 348 g/mol. The molecule has 1 aromatic rings. The molecule has 0 saturated carbocycles. The number of aromatic nitrogens is 1. The van der Waals surface area contributed by atoms with E-state index in [1.807, 2.05) is 0 Å². The van der Waals surface area contributed by atoms with Crippen molar-refractivity contribution >= 4 is 29.2 Å². The molecule has 1 atom stereocenters. The Bertz CT molecular complexity index is 581. The first kappa shape index (κ1) is 19.1. The zero-order valence-electron chi connectivity index (χ0n) is 11.4. The fourth-order valence-electron chi connectivity index (χ4n) is 1.50. The molecular formula is C12H11ClF4N2O4. The van der Waals surface area contributed by atoms with Gasteiger partial charge in [-0.05, 0) is 6.07 Å². The molecule has 1 aromatic heterocycles. The van der Waals surface area contributed by atoms with Crippen LogP contribution in [0.3, 0.4) is 0 Å². The molecule has 1 aliphatic rings. The number of nitrogens with one attached hydrogen (secondary N) is 1. The Hall–Kier alpha value is -1.94. The van der Waals surface area contributed by atoms with Gasteiger partial charge in [0.15, 0.2) is 0 Å². The number of carbonyl (C=O) groups is 2. The molecule has 0 radical (unpaired) electrons. The Balaban J connectivity index is 0.000000322. The van der Waals surface area contributed by atoms with Crippen molar-refractivity contribution in [3.63, 3.8) is 0 Å². The molecule has 0 aliphatic carbocycles. The van der Waals surface area contributed by atoms with Crippen molar-refractivity contribution in [3.8, 4) is 0 Å². The maximum Gasteiger partial charge on any atom is 0.490 e. The van der Waals surface area contributed by atoms with E-state index in [0.717, 1.165) is 17.7 Å². The average Bonchev–Trinajstić information content (AvgIpc) is 2.46. The number of carboxylic acid groups (broad SMARTS) is 1. The van der Waals surface area contributed by atoms with E-state index >= 15 is 0 Å². The van der Waals surface area contributed by atoms with Crippen molar-refractivity contribution in [3.05, 3.63) is 23.5 Å². The number of anilines is 1. The predicted octanol–water partition coefficient (Wildman–Crippen LogP) is 2.26. The van der Waals surface area contributed by atoms with Gasteiger partial charge in [0.2, 0.25) is 0 Å². The van der Waals surface area contributed by atoms with E-state index < -0.39 is 23.7 Å². The van der Waals surface area contributed by atoms with E-state index in [1.54, 1.807) is 6.07 Å². The van der Waals surface area contributed by atoms with Crippen LogP contribution in [0.4, 0.5) is 23.2 Å². The summed E-state index contributed by atoms with van der Waals surface area (Å²) in [5, 5.41) is 9.45. The van der Waals surface area contributed by atoms with Crippen molar-refractivity contribution in [1.29, 1.82) is 0 Å². The minimum atomic E-state index is -5.08. The van der Waals surface area contributed by atoms with Gasteiger partial charge in [-0.25, -0.2) is 9.18 Å². The monoisotopic (exact) mass is 358 g/mol. The van der Waals surface area contributed by atoms with Crippen LogP contribution >= 0.6 is 11.6 Å². The van der Waals surface area contributed by atoms with Crippen LogP contribution in [0, 0.1) is 0 Å². The van der Waals surface area contributed by atoms with Crippen molar-refractivity contribution < 1.29 is 37.0 Å². The molecule has 0 fully saturated rings. The second kappa shape index (κ2) is 8.06. The Morgan fingerprint density at radius 3 is 2.57 bits per heavy atom. The summed E-state index contributed by atoms with van der Waals surface area (Å²) in [6, 6.07) is 1.72. The summed E-state index contributed by atoms with van der Waals surface area (Å²) >= 11 is 5.00. The van der Waals surface area contributed by atoms with E-state index in [4.69, 9.17) is 26.2 Å². The molecule has 2 heterocycles. The summed E-state index contributed by atoms with van der Waals surface area (Å²) in [5.41, 5.74) is 0.241. The number of fused-ring (bicyclic) bond motifs is 1. The number of carboxylic acids is 1. The summed E-state index contributed by atoms with van der Waals surface area (Å²) in [4.78, 5) is 24.1. The second-order valence-electron chi connectivity index (χ2n) is 4.23. The Kier molecular flexibility index (Phi) is 6.70. The van der Waals surface area contributed by atoms with Crippen LogP contribution in [-0.4, -0.2) is 40.4 Å². The van der Waals surface area contributed by atoms with Crippen LogP contribution < -0.4 is 5.32 Å². The first-order valence-electron chi connectivity index (χ1n) is 6.06. The van der Waals surface area contributed by atoms with Gasteiger partial charge in [0, 0.05) is 17.7 Å². The fraction of sp³-hybridized carbons (Fsp3) is 0.417. The van der Waals surface area contributed by atoms with Gasteiger partial charge in [-0.3, -0.25) is 9.78 Å². The molecule has 1 amide bonds. The minimum Gasteiger partial charge on any atom is -0.475 e. The molecule has 11 heteroatoms. The molecule has 0 aromatic carbocycles. The molecule has 1 unspecified atom stereocenters. The van der Waals surface area contributed by atoms with Crippen molar-refractivity contribution in [2.45, 2.75) is 24.8 Å². The highest BCUT2D eigenvalue weighted by atomic mass is 35.5. The zero-order chi connectivity index (χ0) is 17.6. The smallest absolute Gasteiger partial charge is 0.475 e. The quantitative estimate of drug-likeness (QED) is 0.625. The number of ether oxygens (including phenoxy) is 1. The number of carbonyl (C=O) groups excluding carboxylic acids is 1. The Morgan fingerprint density at radius 1 is 1.43 bits per heavy atom. The fourth-order valence-corrected chi connectivity index (χ4v) is 1.56. The number of pyridine rings is 1. The summed E-state index contributed by atoms with van der Waals surface area (Å²) in [5.74, 6) is -3.65. The molecule has 2 N–H and O–H groups in total. The van der Waals surface area contributed by atoms with Gasteiger partial charge in [0.1, 0.15) is 0 Å². The maximum absolute atomic E-state index is 12.4. The first-order chi connectivity index (χ1) is 10.6. The lowest BCUT2D eigenvalue weighted by Crippen LogP contribution is -2.21. The number of alkyl halides is 5. The summed E-state index contributed by atoms with van der Waals surface area (Å²) in [6.45, 7) is 1.12. The Labute approximate surface area is 132 Å². The lowest BCUT2D eigenvalue weighted by atomic mass is 10.1. The topological polar surface area (TPSA) is 88.5 Å². The van der Waals surface area contributed by atoms with Crippen LogP contribution in [0.1, 0.15) is 11.3 Å². The zero-order valence-corrected chi connectivity index (χ0v) is 12.1. The number of hydrogen-bond acceptors (Lipinski definition) is 4. The van der Waals surface area contributed by atoms with E-state index in [9.17, 15) is 22.4 Å². The van der Waals surface area contributed by atoms with Crippen LogP contribution in [0.2, 0.25) is 0 Å². The van der Waals surface area contributed by atoms with E-state index in [-0.39, 0.29) is 0 Å². The van der Waals surface area contributed by atoms with Gasteiger partial charge in [-0.1, -0.05) is 11.6 Å². The summed E-state index contributed by atoms with van der Waals surface area (Å²) < 4.78 is 49.4. The lowest BCUT2D eigenvalue weighted by Gasteiger charge is -2.16. The lowest BCUT2D eigenvalue weighted by molar-refractivity contribution is -0.192. The molecule has 1 aliphatic heterocycles. The number of amides is 1. The highest BCUT2D eigenvalue weighted by Crippen LogP contribution is 2.19. The van der Waals surface area contributed by atoms with E-state index in [2.05, 4.69) is 10.3 Å². The van der Waals surface area contributed by atoms with E-state index in [1.165, 1.54) is 6.20 Å². The van der Waals surface area contributed by atoms with Crippen molar-refractivity contribution in [2.24, 2.45) is 0 Å². The molecule has 128 valence electrons. The van der Waals surface area contributed by atoms with Gasteiger partial charge in [0.05, 0.1) is 25.1 Å². The standard InChI is InChI=1S/C10H10ClFN2O2.C2HF3O2/c11-9(12)10(15)14-7-3-6-5-16-2-1-8(6)13-4-7;3-2(4,5)1(6)7/h3-4,9H,1-2,5H2,(H,14,15);(H,6,7). The first-order valence-corrected chi connectivity index (χ1v) is 6.49. The Morgan fingerprint density at radius 2 is 2.04 bits per heavy atom. The maximum atomic E-state index is 12.4. The van der Waals surface area contributed by atoms with Gasteiger partial charge in [-0.2, -0.15) is 13.2 Å². The van der Waals surface area contributed by atoms with E-state index in [0.29, 0.717) is 18.9 Å². The van der Waals surface area contributed by atoms with Gasteiger partial charge in [-0.15, -0.1) is 0 Å². The molecule has 6 nitrogen and oxygen atoms in total. The van der Waals surface area contributed by atoms with Crippen LogP contribution in [0.5, 0.6) is 0 Å². The summed E-state index contributed by atoms with van der Waals surface area (Å²) in [6.07, 6.45) is -2.84. The number of nitrogens with zero attached hydrogens (tertiary/aromatic N) is 1. The van der Waals surface area contributed by atoms with Crippen LogP contribution in [0.25, 0.3) is 0 Å². The molecule has 2 rings (SSSR count). The van der Waals surface area contributed by atoms with Gasteiger partial charge >= 0.3 is 12.1 Å². The average molecular weight is 359 g/mol. The van der Waals surface area contributed by atoms with Gasteiger partial charge in [0.25, 0.3) is 11.5 Å². The number of rotatable bonds is 2.